The summed E-state index contributed by atoms with van der Waals surface area (Å²) in [5.74, 6) is 1.45. The average molecular weight is 369 g/mol. The topological polar surface area (TPSA) is 64.8 Å². The van der Waals surface area contributed by atoms with Crippen molar-refractivity contribution in [3.05, 3.63) is 36.8 Å². The van der Waals surface area contributed by atoms with Crippen LogP contribution < -0.4 is 9.64 Å². The van der Waals surface area contributed by atoms with Gasteiger partial charge in [-0.05, 0) is 45.4 Å². The zero-order valence-electron chi connectivity index (χ0n) is 16.6. The molecule has 0 radical (unpaired) electrons. The zero-order valence-corrected chi connectivity index (χ0v) is 16.6. The number of nitrogens with zero attached hydrogens (tertiary/aromatic N) is 5. The molecule has 0 amide bonds. The molecule has 0 aliphatic heterocycles. The summed E-state index contributed by atoms with van der Waals surface area (Å²) in [5.41, 5.74) is 2.44. The second-order valence-corrected chi connectivity index (χ2v) is 7.41. The first kappa shape index (κ1) is 19.1. The van der Waals surface area contributed by atoms with Gasteiger partial charge in [0.2, 0.25) is 5.88 Å². The number of methoxy groups -OCH3 is 1. The molecule has 7 nitrogen and oxygen atoms in total. The maximum absolute atomic E-state index is 5.79. The van der Waals surface area contributed by atoms with Gasteiger partial charge in [0.15, 0.2) is 5.65 Å². The minimum atomic E-state index is -0.106. The molecule has 0 N–H and O–H groups in total. The number of ether oxygens (including phenoxy) is 2. The largest absolute Gasteiger partial charge is 0.481 e. The second kappa shape index (κ2) is 7.92. The SMILES string of the molecule is COc1ncccc1-c1cnn2ccc(N(C)CCCOC(C)(C)C)nc12. The van der Waals surface area contributed by atoms with E-state index in [4.69, 9.17) is 14.5 Å². The number of fused-ring (bicyclic) bond motifs is 1. The monoisotopic (exact) mass is 369 g/mol. The van der Waals surface area contributed by atoms with Crippen molar-refractivity contribution in [2.75, 3.05) is 32.2 Å². The fourth-order valence-electron chi connectivity index (χ4n) is 2.82. The molecule has 27 heavy (non-hydrogen) atoms. The van der Waals surface area contributed by atoms with Crippen LogP contribution in [0.5, 0.6) is 5.88 Å². The van der Waals surface area contributed by atoms with Crippen molar-refractivity contribution in [1.29, 1.82) is 0 Å². The molecule has 3 rings (SSSR count). The van der Waals surface area contributed by atoms with Gasteiger partial charge in [-0.25, -0.2) is 14.5 Å². The Morgan fingerprint density at radius 2 is 2.00 bits per heavy atom. The van der Waals surface area contributed by atoms with E-state index in [0.29, 0.717) is 5.88 Å². The third kappa shape index (κ3) is 4.54. The van der Waals surface area contributed by atoms with Crippen LogP contribution in [0, 0.1) is 0 Å². The second-order valence-electron chi connectivity index (χ2n) is 7.41. The Hall–Kier alpha value is -2.67. The third-order valence-corrected chi connectivity index (χ3v) is 4.17. The van der Waals surface area contributed by atoms with E-state index in [1.165, 1.54) is 0 Å². The van der Waals surface area contributed by atoms with Crippen molar-refractivity contribution in [1.82, 2.24) is 19.6 Å². The molecule has 3 aromatic heterocycles. The van der Waals surface area contributed by atoms with E-state index in [2.05, 4.69) is 35.8 Å². The summed E-state index contributed by atoms with van der Waals surface area (Å²) in [6, 6.07) is 5.81. The van der Waals surface area contributed by atoms with Gasteiger partial charge >= 0.3 is 0 Å². The maximum Gasteiger partial charge on any atom is 0.221 e. The number of aromatic nitrogens is 4. The predicted molar refractivity (Wildman–Crippen MR) is 106 cm³/mol. The molecular formula is C20H27N5O2. The molecule has 0 saturated heterocycles. The van der Waals surface area contributed by atoms with E-state index in [-0.39, 0.29) is 5.60 Å². The molecule has 7 heteroatoms. The van der Waals surface area contributed by atoms with Gasteiger partial charge in [0.25, 0.3) is 0 Å². The summed E-state index contributed by atoms with van der Waals surface area (Å²) < 4.78 is 12.9. The van der Waals surface area contributed by atoms with Gasteiger partial charge in [-0.1, -0.05) is 0 Å². The van der Waals surface area contributed by atoms with Crippen molar-refractivity contribution in [2.24, 2.45) is 0 Å². The molecule has 144 valence electrons. The summed E-state index contributed by atoms with van der Waals surface area (Å²) in [6.45, 7) is 7.79. The van der Waals surface area contributed by atoms with Gasteiger partial charge in [0.05, 0.1) is 24.5 Å². The number of pyridine rings is 1. The van der Waals surface area contributed by atoms with Gasteiger partial charge in [-0.3, -0.25) is 0 Å². The molecule has 0 fully saturated rings. The fraction of sp³-hybridized carbons (Fsp3) is 0.450. The summed E-state index contributed by atoms with van der Waals surface area (Å²) in [6.07, 6.45) is 6.36. The Labute approximate surface area is 160 Å². The lowest BCUT2D eigenvalue weighted by molar-refractivity contribution is -0.00320. The van der Waals surface area contributed by atoms with Gasteiger partial charge < -0.3 is 14.4 Å². The Morgan fingerprint density at radius 1 is 1.19 bits per heavy atom. The lowest BCUT2D eigenvalue weighted by atomic mass is 10.1. The van der Waals surface area contributed by atoms with Crippen molar-refractivity contribution in [3.63, 3.8) is 0 Å². The Bertz CT molecular complexity index is 901. The van der Waals surface area contributed by atoms with E-state index >= 15 is 0 Å². The van der Waals surface area contributed by atoms with Gasteiger partial charge in [0.1, 0.15) is 5.82 Å². The van der Waals surface area contributed by atoms with Gasteiger partial charge in [0, 0.05) is 38.2 Å². The predicted octanol–water partition coefficient (Wildman–Crippen LogP) is 3.44. The molecule has 0 bridgehead atoms. The number of hydrogen-bond acceptors (Lipinski definition) is 6. The van der Waals surface area contributed by atoms with Crippen molar-refractivity contribution in [3.8, 4) is 17.0 Å². The van der Waals surface area contributed by atoms with Crippen LogP contribution in [0.15, 0.2) is 36.8 Å². The normalized spacial score (nSPS) is 11.7. The van der Waals surface area contributed by atoms with Crippen LogP contribution in [-0.4, -0.2) is 52.5 Å². The average Bonchev–Trinajstić information content (AvgIpc) is 3.07. The standard InChI is InChI=1S/C20H27N5O2/c1-20(2,3)27-13-7-11-24(4)17-9-12-25-18(23-17)16(14-22-25)15-8-6-10-21-19(15)26-5/h6,8-10,12,14H,7,11,13H2,1-5H3. The first-order valence-corrected chi connectivity index (χ1v) is 9.08. The highest BCUT2D eigenvalue weighted by atomic mass is 16.5. The summed E-state index contributed by atoms with van der Waals surface area (Å²) in [5, 5.41) is 4.41. The van der Waals surface area contributed by atoms with E-state index in [0.717, 1.165) is 42.2 Å². The van der Waals surface area contributed by atoms with Gasteiger partial charge in [-0.15, -0.1) is 0 Å². The van der Waals surface area contributed by atoms with Crippen LogP contribution in [0.4, 0.5) is 5.82 Å². The smallest absolute Gasteiger partial charge is 0.221 e. The first-order valence-electron chi connectivity index (χ1n) is 9.08. The lowest BCUT2D eigenvalue weighted by Crippen LogP contribution is -2.24. The van der Waals surface area contributed by atoms with Crippen LogP contribution >= 0.6 is 0 Å². The Kier molecular flexibility index (Phi) is 5.60. The third-order valence-electron chi connectivity index (χ3n) is 4.17. The summed E-state index contributed by atoms with van der Waals surface area (Å²) in [4.78, 5) is 11.2. The highest BCUT2D eigenvalue weighted by molar-refractivity contribution is 5.80. The molecule has 0 aliphatic rings. The highest BCUT2D eigenvalue weighted by Gasteiger charge is 2.15. The van der Waals surface area contributed by atoms with E-state index in [1.54, 1.807) is 24.0 Å². The van der Waals surface area contributed by atoms with Crippen LogP contribution in [0.2, 0.25) is 0 Å². The minimum absolute atomic E-state index is 0.106. The Balaban J connectivity index is 1.80. The molecule has 0 aromatic carbocycles. The van der Waals surface area contributed by atoms with E-state index < -0.39 is 0 Å². The van der Waals surface area contributed by atoms with Gasteiger partial charge in [-0.2, -0.15) is 5.10 Å². The fourth-order valence-corrected chi connectivity index (χ4v) is 2.82. The molecule has 0 atom stereocenters. The van der Waals surface area contributed by atoms with Crippen LogP contribution in [0.3, 0.4) is 0 Å². The van der Waals surface area contributed by atoms with Crippen LogP contribution in [0.1, 0.15) is 27.2 Å². The Morgan fingerprint density at radius 3 is 2.74 bits per heavy atom. The maximum atomic E-state index is 5.79. The molecular weight excluding hydrogens is 342 g/mol. The molecule has 3 aromatic rings. The molecule has 0 aliphatic carbocycles. The number of rotatable bonds is 7. The first-order chi connectivity index (χ1) is 12.9. The van der Waals surface area contributed by atoms with Crippen molar-refractivity contribution in [2.45, 2.75) is 32.8 Å². The van der Waals surface area contributed by atoms with Crippen LogP contribution in [0.25, 0.3) is 16.8 Å². The van der Waals surface area contributed by atoms with Crippen molar-refractivity contribution < 1.29 is 9.47 Å². The highest BCUT2D eigenvalue weighted by Crippen LogP contribution is 2.30. The quantitative estimate of drug-likeness (QED) is 0.595. The summed E-state index contributed by atoms with van der Waals surface area (Å²) >= 11 is 0. The lowest BCUT2D eigenvalue weighted by Gasteiger charge is -2.22. The number of anilines is 1. The minimum Gasteiger partial charge on any atom is -0.481 e. The molecule has 0 saturated carbocycles. The molecule has 0 spiro atoms. The molecule has 0 unspecified atom stereocenters. The van der Waals surface area contributed by atoms with Crippen molar-refractivity contribution >= 4 is 11.5 Å². The number of hydrogen-bond donors (Lipinski definition) is 0. The van der Waals surface area contributed by atoms with E-state index in [1.807, 2.05) is 31.4 Å². The summed E-state index contributed by atoms with van der Waals surface area (Å²) in [7, 11) is 3.65. The van der Waals surface area contributed by atoms with Crippen LogP contribution in [-0.2, 0) is 4.74 Å². The zero-order chi connectivity index (χ0) is 19.4. The molecule has 3 heterocycles. The van der Waals surface area contributed by atoms with E-state index in [9.17, 15) is 0 Å².